The molecule has 40 heavy (non-hydrogen) atoms. The number of hydrogen-bond donors (Lipinski definition) is 0. The van der Waals surface area contributed by atoms with Crippen LogP contribution in [0.5, 0.6) is 5.75 Å². The molecule has 0 bridgehead atoms. The van der Waals surface area contributed by atoms with Crippen LogP contribution in [0.1, 0.15) is 50.0 Å². The van der Waals surface area contributed by atoms with E-state index in [0.29, 0.717) is 36.1 Å². The number of hydrogen-bond acceptors (Lipinski definition) is 7. The van der Waals surface area contributed by atoms with Gasteiger partial charge < -0.3 is 9.64 Å². The molecule has 0 aliphatic heterocycles. The van der Waals surface area contributed by atoms with Gasteiger partial charge in [-0.1, -0.05) is 45.1 Å². The molecule has 3 aromatic rings. The lowest BCUT2D eigenvalue weighted by atomic mass is 10.2. The molecule has 11 heteroatoms. The Kier molecular flexibility index (Phi) is 12.4. The van der Waals surface area contributed by atoms with E-state index in [1.807, 2.05) is 60.8 Å². The van der Waals surface area contributed by atoms with E-state index in [0.717, 1.165) is 28.7 Å². The fourth-order valence-electron chi connectivity index (χ4n) is 4.37. The summed E-state index contributed by atoms with van der Waals surface area (Å²) in [5.41, 5.74) is 2.22. The number of aromatic nitrogens is 1. The summed E-state index contributed by atoms with van der Waals surface area (Å²) in [7, 11) is 1.93. The number of anilines is 1. The predicted molar refractivity (Wildman–Crippen MR) is 168 cm³/mol. The molecule has 0 N–H and O–H groups in total. The highest BCUT2D eigenvalue weighted by atomic mass is 35.5. The maximum Gasteiger partial charge on any atom is 0.260 e. The lowest BCUT2D eigenvalue weighted by molar-refractivity contribution is 0.0986. The number of sulfonamides is 1. The molecule has 0 aliphatic carbocycles. The summed E-state index contributed by atoms with van der Waals surface area (Å²) in [4.78, 5) is 22.6. The number of methoxy groups -OCH3 is 1. The standard InChI is InChI=1S/C29H42N4O4S2.ClH/c1-20(2)18-32(19-21(3)4)39(35,36)24-13-11-23(12-14-24)28(34)33(17-9-16-31(6)7)29-30-26-25(37-8)15-10-22(5)27(26)38-29;/h10-15,20-21H,9,16-19H2,1-8H3;1H. The van der Waals surface area contributed by atoms with Crippen LogP contribution in [0.2, 0.25) is 0 Å². The third-order valence-electron chi connectivity index (χ3n) is 6.25. The SMILES string of the molecule is COc1ccc(C)c2sc(N(CCCN(C)C)C(=O)c3ccc(S(=O)(=O)N(CC(C)C)CC(C)C)cc3)nc12.Cl. The van der Waals surface area contributed by atoms with Gasteiger partial charge in [-0.2, -0.15) is 4.31 Å². The average Bonchev–Trinajstić information content (AvgIpc) is 3.31. The molecule has 0 aliphatic rings. The molecule has 0 unspecified atom stereocenters. The normalized spacial score (nSPS) is 12.0. The first kappa shape index (κ1) is 34.0. The summed E-state index contributed by atoms with van der Waals surface area (Å²) >= 11 is 1.46. The summed E-state index contributed by atoms with van der Waals surface area (Å²) in [6.07, 6.45) is 0.761. The summed E-state index contributed by atoms with van der Waals surface area (Å²) in [6, 6.07) is 10.2. The van der Waals surface area contributed by atoms with Gasteiger partial charge in [0.15, 0.2) is 5.13 Å². The van der Waals surface area contributed by atoms with Gasteiger partial charge in [-0.15, -0.1) is 12.4 Å². The second kappa shape index (κ2) is 14.6. The number of benzene rings is 2. The molecule has 0 atom stereocenters. The molecule has 0 radical (unpaired) electrons. The monoisotopic (exact) mass is 610 g/mol. The van der Waals surface area contributed by atoms with E-state index >= 15 is 0 Å². The molecule has 1 aromatic heterocycles. The van der Waals surface area contributed by atoms with Crippen LogP contribution in [0.15, 0.2) is 41.3 Å². The van der Waals surface area contributed by atoms with Crippen LogP contribution in [0.3, 0.4) is 0 Å². The molecule has 1 amide bonds. The number of ether oxygens (including phenoxy) is 1. The Balaban J connectivity index is 0.00000560. The third-order valence-corrected chi connectivity index (χ3v) is 9.31. The number of aryl methyl sites for hydroxylation is 1. The van der Waals surface area contributed by atoms with Gasteiger partial charge in [-0.05, 0) is 81.7 Å². The van der Waals surface area contributed by atoms with E-state index < -0.39 is 10.0 Å². The summed E-state index contributed by atoms with van der Waals surface area (Å²) in [6.45, 7) is 12.2. The van der Waals surface area contributed by atoms with E-state index in [1.165, 1.54) is 11.3 Å². The van der Waals surface area contributed by atoms with E-state index in [9.17, 15) is 13.2 Å². The number of carbonyl (C=O) groups excluding carboxylic acids is 1. The van der Waals surface area contributed by atoms with Gasteiger partial charge in [0.1, 0.15) is 11.3 Å². The Morgan fingerprint density at radius 2 is 1.57 bits per heavy atom. The summed E-state index contributed by atoms with van der Waals surface area (Å²) in [5, 5.41) is 0.595. The van der Waals surface area contributed by atoms with Gasteiger partial charge >= 0.3 is 0 Å². The molecular weight excluding hydrogens is 568 g/mol. The topological polar surface area (TPSA) is 83.0 Å². The van der Waals surface area contributed by atoms with Crippen molar-refractivity contribution in [2.24, 2.45) is 11.8 Å². The van der Waals surface area contributed by atoms with Crippen LogP contribution in [0.25, 0.3) is 10.2 Å². The van der Waals surface area contributed by atoms with Crippen LogP contribution in [0.4, 0.5) is 5.13 Å². The van der Waals surface area contributed by atoms with E-state index in [-0.39, 0.29) is 35.0 Å². The molecule has 0 saturated carbocycles. The van der Waals surface area contributed by atoms with E-state index in [1.54, 1.807) is 40.6 Å². The Morgan fingerprint density at radius 1 is 0.975 bits per heavy atom. The minimum absolute atomic E-state index is 0. The number of nitrogens with zero attached hydrogens (tertiary/aromatic N) is 4. The Morgan fingerprint density at radius 3 is 2.10 bits per heavy atom. The first-order valence-electron chi connectivity index (χ1n) is 13.4. The quantitative estimate of drug-likeness (QED) is 0.238. The van der Waals surface area contributed by atoms with Crippen LogP contribution in [-0.2, 0) is 10.0 Å². The molecule has 0 fully saturated rings. The van der Waals surface area contributed by atoms with Crippen molar-refractivity contribution in [1.29, 1.82) is 0 Å². The second-order valence-corrected chi connectivity index (χ2v) is 13.9. The van der Waals surface area contributed by atoms with E-state index in [4.69, 9.17) is 9.72 Å². The largest absolute Gasteiger partial charge is 0.494 e. The fraction of sp³-hybridized carbons (Fsp3) is 0.517. The van der Waals surface area contributed by atoms with E-state index in [2.05, 4.69) is 4.90 Å². The van der Waals surface area contributed by atoms with Crippen molar-refractivity contribution in [1.82, 2.24) is 14.2 Å². The highest BCUT2D eigenvalue weighted by Crippen LogP contribution is 2.37. The first-order chi connectivity index (χ1) is 18.3. The average molecular weight is 611 g/mol. The molecule has 222 valence electrons. The van der Waals surface area contributed by atoms with Gasteiger partial charge in [-0.25, -0.2) is 13.4 Å². The highest BCUT2D eigenvalue weighted by Gasteiger charge is 2.27. The van der Waals surface area contributed by atoms with Crippen LogP contribution >= 0.6 is 23.7 Å². The lowest BCUT2D eigenvalue weighted by Crippen LogP contribution is -2.37. The molecule has 2 aromatic carbocycles. The zero-order valence-corrected chi connectivity index (χ0v) is 27.3. The number of amides is 1. The highest BCUT2D eigenvalue weighted by molar-refractivity contribution is 7.89. The minimum Gasteiger partial charge on any atom is -0.494 e. The summed E-state index contributed by atoms with van der Waals surface area (Å²) in [5.74, 6) is 0.854. The summed E-state index contributed by atoms with van der Waals surface area (Å²) < 4.78 is 34.9. The van der Waals surface area contributed by atoms with Crippen LogP contribution in [-0.4, -0.2) is 75.9 Å². The van der Waals surface area contributed by atoms with Gasteiger partial charge in [0.2, 0.25) is 10.0 Å². The van der Waals surface area contributed by atoms with Gasteiger partial charge in [0.05, 0.1) is 16.7 Å². The smallest absolute Gasteiger partial charge is 0.260 e. The van der Waals surface area contributed by atoms with Crippen molar-refractivity contribution in [2.75, 3.05) is 52.3 Å². The maximum absolute atomic E-state index is 13.8. The molecule has 0 spiro atoms. The zero-order chi connectivity index (χ0) is 28.9. The Hall–Kier alpha value is -2.24. The first-order valence-corrected chi connectivity index (χ1v) is 15.6. The van der Waals surface area contributed by atoms with Gasteiger partial charge in [-0.3, -0.25) is 9.69 Å². The molecular formula is C29H43ClN4O4S2. The number of halogens is 1. The number of carbonyl (C=O) groups is 1. The Labute approximate surface area is 249 Å². The number of rotatable bonds is 13. The van der Waals surface area contributed by atoms with Crippen molar-refractivity contribution < 1.29 is 17.9 Å². The number of fused-ring (bicyclic) bond motifs is 1. The minimum atomic E-state index is -3.68. The van der Waals surface area contributed by atoms with Crippen molar-refractivity contribution in [3.63, 3.8) is 0 Å². The third kappa shape index (κ3) is 8.16. The van der Waals surface area contributed by atoms with Crippen molar-refractivity contribution in [3.8, 4) is 5.75 Å². The lowest BCUT2D eigenvalue weighted by Gasteiger charge is -2.26. The molecule has 3 rings (SSSR count). The van der Waals surface area contributed by atoms with Gasteiger partial charge in [0.25, 0.3) is 5.91 Å². The van der Waals surface area contributed by atoms with Crippen LogP contribution < -0.4 is 9.64 Å². The second-order valence-electron chi connectivity index (χ2n) is 11.0. The maximum atomic E-state index is 13.8. The van der Waals surface area contributed by atoms with Crippen molar-refractivity contribution in [3.05, 3.63) is 47.5 Å². The fourth-order valence-corrected chi connectivity index (χ4v) is 7.21. The molecule has 0 saturated heterocycles. The zero-order valence-electron chi connectivity index (χ0n) is 24.8. The van der Waals surface area contributed by atoms with Crippen molar-refractivity contribution >= 4 is 55.0 Å². The van der Waals surface area contributed by atoms with Crippen molar-refractivity contribution in [2.45, 2.75) is 45.9 Å². The predicted octanol–water partition coefficient (Wildman–Crippen LogP) is 5.94. The van der Waals surface area contributed by atoms with Crippen LogP contribution in [0, 0.1) is 18.8 Å². The molecule has 8 nitrogen and oxygen atoms in total. The van der Waals surface area contributed by atoms with Gasteiger partial charge in [0, 0.05) is 25.2 Å². The molecule has 1 heterocycles. The number of thiazole rings is 1. The Bertz CT molecular complexity index is 1360.